The molecule has 0 saturated carbocycles. The third-order valence-corrected chi connectivity index (χ3v) is 2.85. The van der Waals surface area contributed by atoms with Crippen molar-refractivity contribution in [1.29, 1.82) is 0 Å². The minimum atomic E-state index is -0.00926. The Labute approximate surface area is 100 Å². The lowest BCUT2D eigenvalue weighted by Crippen LogP contribution is -2.23. The Balaban J connectivity index is 2.35. The van der Waals surface area contributed by atoms with Crippen molar-refractivity contribution in [2.75, 3.05) is 14.1 Å². The van der Waals surface area contributed by atoms with Crippen LogP contribution in [0, 0.1) is 13.8 Å². The van der Waals surface area contributed by atoms with Crippen LogP contribution >= 0.6 is 0 Å². The molecule has 0 aliphatic rings. The van der Waals surface area contributed by atoms with Gasteiger partial charge in [0.15, 0.2) is 5.58 Å². The highest BCUT2D eigenvalue weighted by atomic mass is 16.3. The van der Waals surface area contributed by atoms with Crippen molar-refractivity contribution < 1.29 is 9.21 Å². The molecule has 0 saturated heterocycles. The minimum Gasteiger partial charge on any atom is -0.440 e. The quantitative estimate of drug-likeness (QED) is 0.796. The molecule has 0 fully saturated rings. The molecule has 0 radical (unpaired) electrons. The fraction of sp³-hybridized carbons (Fsp3) is 0.385. The van der Waals surface area contributed by atoms with Gasteiger partial charge in [-0.25, -0.2) is 4.98 Å². The molecule has 1 amide bonds. The second kappa shape index (κ2) is 4.20. The predicted molar refractivity (Wildman–Crippen MR) is 65.9 cm³/mol. The second-order valence-corrected chi connectivity index (χ2v) is 4.48. The lowest BCUT2D eigenvalue weighted by Gasteiger charge is -2.07. The summed E-state index contributed by atoms with van der Waals surface area (Å²) >= 11 is 0. The van der Waals surface area contributed by atoms with Gasteiger partial charge in [0.05, 0.1) is 0 Å². The van der Waals surface area contributed by atoms with Gasteiger partial charge in [0.2, 0.25) is 11.8 Å². The summed E-state index contributed by atoms with van der Waals surface area (Å²) < 4.78 is 5.57. The number of aromatic nitrogens is 1. The summed E-state index contributed by atoms with van der Waals surface area (Å²) in [6, 6.07) is 3.94. The maximum Gasteiger partial charge on any atom is 0.231 e. The molecule has 0 aliphatic heterocycles. The van der Waals surface area contributed by atoms with Crippen LogP contribution in [0.2, 0.25) is 0 Å². The molecule has 2 rings (SSSR count). The number of carbonyl (C=O) groups is 1. The van der Waals surface area contributed by atoms with Crippen molar-refractivity contribution >= 4 is 17.0 Å². The Kier molecular flexibility index (Phi) is 2.88. The minimum absolute atomic E-state index is 0.00926. The van der Waals surface area contributed by atoms with Gasteiger partial charge in [0.25, 0.3) is 0 Å². The lowest BCUT2D eigenvalue weighted by molar-refractivity contribution is -0.128. The van der Waals surface area contributed by atoms with Crippen LogP contribution in [-0.2, 0) is 11.2 Å². The van der Waals surface area contributed by atoms with Crippen LogP contribution < -0.4 is 0 Å². The number of amides is 1. The maximum absolute atomic E-state index is 11.5. The molecule has 0 unspecified atom stereocenters. The van der Waals surface area contributed by atoms with E-state index in [0.29, 0.717) is 5.89 Å². The first-order valence-electron chi connectivity index (χ1n) is 5.54. The molecule has 1 aromatic heterocycles. The number of nitrogens with zero attached hydrogens (tertiary/aromatic N) is 2. The first-order valence-corrected chi connectivity index (χ1v) is 5.54. The van der Waals surface area contributed by atoms with Crippen molar-refractivity contribution in [2.24, 2.45) is 0 Å². The largest absolute Gasteiger partial charge is 0.440 e. The topological polar surface area (TPSA) is 46.3 Å². The van der Waals surface area contributed by atoms with E-state index in [1.54, 1.807) is 14.1 Å². The molecular formula is C13H16N2O2. The van der Waals surface area contributed by atoms with E-state index in [9.17, 15) is 4.79 Å². The van der Waals surface area contributed by atoms with Crippen LogP contribution in [0.15, 0.2) is 16.5 Å². The van der Waals surface area contributed by atoms with Crippen LogP contribution in [0.5, 0.6) is 0 Å². The number of likely N-dealkylation sites (N-methyl/N-ethyl adjacent to an activating group) is 1. The number of hydrogen-bond donors (Lipinski definition) is 0. The number of benzene rings is 1. The number of aryl methyl sites for hydroxylation is 2. The average molecular weight is 232 g/mol. The molecule has 1 heterocycles. The fourth-order valence-electron chi connectivity index (χ4n) is 1.59. The third-order valence-electron chi connectivity index (χ3n) is 2.85. The van der Waals surface area contributed by atoms with E-state index in [4.69, 9.17) is 4.42 Å². The number of carbonyl (C=O) groups excluding carboxylic acids is 1. The summed E-state index contributed by atoms with van der Waals surface area (Å²) in [7, 11) is 3.44. The van der Waals surface area contributed by atoms with Crippen LogP contribution in [0.4, 0.5) is 0 Å². The standard InChI is InChI=1S/C13H16N2O2/c1-8-5-10-11(6-9(8)2)17-12(14-10)7-13(16)15(3)4/h5-6H,7H2,1-4H3. The molecule has 4 heteroatoms. The van der Waals surface area contributed by atoms with Crippen LogP contribution in [0.25, 0.3) is 11.1 Å². The zero-order valence-electron chi connectivity index (χ0n) is 10.6. The van der Waals surface area contributed by atoms with E-state index in [-0.39, 0.29) is 12.3 Å². The monoisotopic (exact) mass is 232 g/mol. The van der Waals surface area contributed by atoms with E-state index >= 15 is 0 Å². The van der Waals surface area contributed by atoms with Crippen molar-refractivity contribution in [1.82, 2.24) is 9.88 Å². The summed E-state index contributed by atoms with van der Waals surface area (Å²) in [6.45, 7) is 4.07. The Morgan fingerprint density at radius 3 is 2.59 bits per heavy atom. The van der Waals surface area contributed by atoms with E-state index in [2.05, 4.69) is 4.98 Å². The normalized spacial score (nSPS) is 10.8. The van der Waals surface area contributed by atoms with E-state index in [1.165, 1.54) is 16.0 Å². The van der Waals surface area contributed by atoms with Crippen molar-refractivity contribution in [2.45, 2.75) is 20.3 Å². The second-order valence-electron chi connectivity index (χ2n) is 4.48. The molecule has 0 aliphatic carbocycles. The molecule has 0 spiro atoms. The molecule has 2 aromatic rings. The molecule has 0 atom stereocenters. The SMILES string of the molecule is Cc1cc2nc(CC(=O)N(C)C)oc2cc1C. The molecule has 1 aromatic carbocycles. The van der Waals surface area contributed by atoms with Crippen molar-refractivity contribution in [3.8, 4) is 0 Å². The van der Waals surface area contributed by atoms with Crippen LogP contribution in [0.3, 0.4) is 0 Å². The first-order chi connectivity index (χ1) is 7.97. The van der Waals surface area contributed by atoms with Crippen LogP contribution in [-0.4, -0.2) is 29.9 Å². The third kappa shape index (κ3) is 2.30. The van der Waals surface area contributed by atoms with Gasteiger partial charge in [-0.15, -0.1) is 0 Å². The van der Waals surface area contributed by atoms with Crippen molar-refractivity contribution in [3.05, 3.63) is 29.2 Å². The Morgan fingerprint density at radius 2 is 1.94 bits per heavy atom. The van der Waals surface area contributed by atoms with Gasteiger partial charge < -0.3 is 9.32 Å². The molecule has 4 nitrogen and oxygen atoms in total. The van der Waals surface area contributed by atoms with Crippen molar-refractivity contribution in [3.63, 3.8) is 0 Å². The summed E-state index contributed by atoms with van der Waals surface area (Å²) in [5.41, 5.74) is 3.90. The highest BCUT2D eigenvalue weighted by Crippen LogP contribution is 2.20. The molecule has 90 valence electrons. The Bertz CT molecular complexity index is 531. The van der Waals surface area contributed by atoms with Gasteiger partial charge in [0, 0.05) is 14.1 Å². The Hall–Kier alpha value is -1.84. The van der Waals surface area contributed by atoms with E-state index in [1.807, 2.05) is 26.0 Å². The maximum atomic E-state index is 11.5. The highest BCUT2D eigenvalue weighted by molar-refractivity contribution is 5.79. The number of rotatable bonds is 2. The summed E-state index contributed by atoms with van der Waals surface area (Å²) in [5.74, 6) is 0.466. The van der Waals surface area contributed by atoms with Crippen LogP contribution in [0.1, 0.15) is 17.0 Å². The number of hydrogen-bond acceptors (Lipinski definition) is 3. The predicted octanol–water partition coefficient (Wildman–Crippen LogP) is 2.08. The van der Waals surface area contributed by atoms with E-state index < -0.39 is 0 Å². The molecule has 17 heavy (non-hydrogen) atoms. The zero-order valence-corrected chi connectivity index (χ0v) is 10.6. The van der Waals surface area contributed by atoms with Gasteiger partial charge >= 0.3 is 0 Å². The summed E-state index contributed by atoms with van der Waals surface area (Å²) in [6.07, 6.45) is 0.208. The molecule has 0 N–H and O–H groups in total. The lowest BCUT2D eigenvalue weighted by atomic mass is 10.1. The van der Waals surface area contributed by atoms with Gasteiger partial charge in [-0.3, -0.25) is 4.79 Å². The Morgan fingerprint density at radius 1 is 1.29 bits per heavy atom. The fourth-order valence-corrected chi connectivity index (χ4v) is 1.59. The molecule has 0 bridgehead atoms. The van der Waals surface area contributed by atoms with Gasteiger partial charge in [-0.1, -0.05) is 0 Å². The smallest absolute Gasteiger partial charge is 0.231 e. The van der Waals surface area contributed by atoms with Gasteiger partial charge in [-0.2, -0.15) is 0 Å². The number of fused-ring (bicyclic) bond motifs is 1. The van der Waals surface area contributed by atoms with Gasteiger partial charge in [0.1, 0.15) is 11.9 Å². The summed E-state index contributed by atoms with van der Waals surface area (Å²) in [4.78, 5) is 17.4. The zero-order chi connectivity index (χ0) is 12.6. The first kappa shape index (κ1) is 11.6. The van der Waals surface area contributed by atoms with Gasteiger partial charge in [-0.05, 0) is 37.1 Å². The molecular weight excluding hydrogens is 216 g/mol. The number of oxazole rings is 1. The average Bonchev–Trinajstić information content (AvgIpc) is 2.60. The highest BCUT2D eigenvalue weighted by Gasteiger charge is 2.12. The summed E-state index contributed by atoms with van der Waals surface area (Å²) in [5, 5.41) is 0. The van der Waals surface area contributed by atoms with E-state index in [0.717, 1.165) is 11.1 Å².